The second-order valence-corrected chi connectivity index (χ2v) is 10.1. The monoisotopic (exact) mass is 489 g/mol. The number of nitrogens with zero attached hydrogens (tertiary/aromatic N) is 3. The van der Waals surface area contributed by atoms with Gasteiger partial charge in [-0.25, -0.2) is 23.1 Å². The summed E-state index contributed by atoms with van der Waals surface area (Å²) in [6.07, 6.45) is 2.42. The lowest BCUT2D eigenvalue weighted by atomic mass is 9.84. The van der Waals surface area contributed by atoms with E-state index in [1.807, 2.05) is 6.92 Å². The molecule has 0 spiro atoms. The van der Waals surface area contributed by atoms with E-state index in [0.29, 0.717) is 5.75 Å². The molecule has 34 heavy (non-hydrogen) atoms. The molecule has 3 heterocycles. The summed E-state index contributed by atoms with van der Waals surface area (Å²) >= 11 is 1.27. The molecule has 2 aliphatic rings. The Morgan fingerprint density at radius 3 is 2.65 bits per heavy atom. The lowest BCUT2D eigenvalue weighted by molar-refractivity contribution is 0.264. The summed E-state index contributed by atoms with van der Waals surface area (Å²) < 4.78 is 48.8. The normalized spacial score (nSPS) is 27.8. The quantitative estimate of drug-likeness (QED) is 0.496. The first-order chi connectivity index (χ1) is 16.1. The number of rotatable bonds is 5. The fourth-order valence-electron chi connectivity index (χ4n) is 5.17. The molecule has 0 bridgehead atoms. The minimum Gasteiger partial charge on any atom is -0.495 e. The first-order valence-corrected chi connectivity index (χ1v) is 11.4. The molecule has 2 unspecified atom stereocenters. The van der Waals surface area contributed by atoms with Gasteiger partial charge in [0.05, 0.1) is 36.4 Å². The highest BCUT2D eigenvalue weighted by atomic mass is 32.2. The molecule has 7 nitrogen and oxygen atoms in total. The van der Waals surface area contributed by atoms with Crippen LogP contribution in [0, 0.1) is 29.3 Å². The van der Waals surface area contributed by atoms with Crippen molar-refractivity contribution in [2.24, 2.45) is 22.6 Å². The van der Waals surface area contributed by atoms with Crippen molar-refractivity contribution in [3.63, 3.8) is 0 Å². The van der Waals surface area contributed by atoms with Gasteiger partial charge in [0, 0.05) is 28.6 Å². The Hall–Kier alpha value is -3.05. The van der Waals surface area contributed by atoms with Crippen LogP contribution in [0.5, 0.6) is 5.75 Å². The number of aliphatic hydroxyl groups excluding tert-OH is 1. The molecule has 4 N–H and O–H groups in total. The number of nitrogens with two attached hydrogens (primary N) is 1. The standard InChI is InChI=1S/C23H22F3N5O2S/c1-10-19-22(2,31-21(27)34-23(10,19)9-32)14-4-11(5-15(24)17(14)26)30-20-18-13(16(25)8-29-20)6-12(33-3)7-28-18/h4-8,10,19,32H,9H2,1-3H3,(H2,27,31)(H,29,30)/t10?,19?,22-,23+/m1/s1. The van der Waals surface area contributed by atoms with E-state index < -0.39 is 27.7 Å². The van der Waals surface area contributed by atoms with Crippen LogP contribution in [0.25, 0.3) is 10.9 Å². The average Bonchev–Trinajstić information content (AvgIpc) is 3.42. The SMILES string of the molecule is COc1cnc2c(Nc3cc(F)c(F)c([C@@]4(C)N=C(N)S[C@@]5(CO)C(C)C54)c3)ncc(F)c2c1. The van der Waals surface area contributed by atoms with Crippen molar-refractivity contribution in [1.29, 1.82) is 0 Å². The minimum atomic E-state index is -1.19. The molecule has 5 rings (SSSR count). The number of hydrogen-bond donors (Lipinski definition) is 3. The van der Waals surface area contributed by atoms with Gasteiger partial charge in [-0.1, -0.05) is 18.7 Å². The Morgan fingerprint density at radius 1 is 1.18 bits per heavy atom. The van der Waals surface area contributed by atoms with Crippen LogP contribution in [0.3, 0.4) is 0 Å². The van der Waals surface area contributed by atoms with E-state index in [2.05, 4.69) is 20.3 Å². The Kier molecular flexibility index (Phi) is 5.17. The lowest BCUT2D eigenvalue weighted by Gasteiger charge is -2.33. The van der Waals surface area contributed by atoms with Crippen LogP contribution >= 0.6 is 11.8 Å². The van der Waals surface area contributed by atoms with E-state index in [1.54, 1.807) is 6.92 Å². The maximum absolute atomic E-state index is 15.1. The second kappa shape index (κ2) is 7.74. The van der Waals surface area contributed by atoms with Gasteiger partial charge in [0.25, 0.3) is 0 Å². The molecule has 1 aromatic carbocycles. The predicted octanol–water partition coefficient (Wildman–Crippen LogP) is 4.07. The highest BCUT2D eigenvalue weighted by molar-refractivity contribution is 8.15. The number of aliphatic imine (C=N–C) groups is 1. The molecule has 3 aromatic rings. The summed E-state index contributed by atoms with van der Waals surface area (Å²) in [7, 11) is 1.44. The number of anilines is 2. The molecule has 1 saturated carbocycles. The predicted molar refractivity (Wildman–Crippen MR) is 125 cm³/mol. The van der Waals surface area contributed by atoms with Gasteiger partial charge in [0.1, 0.15) is 11.3 Å². The summed E-state index contributed by atoms with van der Waals surface area (Å²) in [6.45, 7) is 3.47. The van der Waals surface area contributed by atoms with Gasteiger partial charge in [-0.2, -0.15) is 0 Å². The Morgan fingerprint density at radius 2 is 1.94 bits per heavy atom. The fourth-order valence-corrected chi connectivity index (χ4v) is 6.68. The Balaban J connectivity index is 1.60. The van der Waals surface area contributed by atoms with E-state index in [1.165, 1.54) is 37.2 Å². The van der Waals surface area contributed by atoms with Gasteiger partial charge >= 0.3 is 0 Å². The summed E-state index contributed by atoms with van der Waals surface area (Å²) in [6, 6.07) is 3.91. The van der Waals surface area contributed by atoms with Gasteiger partial charge in [0.2, 0.25) is 0 Å². The van der Waals surface area contributed by atoms with Gasteiger partial charge in [0.15, 0.2) is 28.4 Å². The van der Waals surface area contributed by atoms with Crippen LogP contribution < -0.4 is 15.8 Å². The van der Waals surface area contributed by atoms with Crippen molar-refractivity contribution in [3.05, 3.63) is 53.6 Å². The number of aliphatic hydroxyl groups is 1. The first-order valence-electron chi connectivity index (χ1n) is 10.5. The van der Waals surface area contributed by atoms with E-state index >= 15 is 4.39 Å². The fraction of sp³-hybridized carbons (Fsp3) is 0.348. The van der Waals surface area contributed by atoms with E-state index in [-0.39, 0.29) is 51.6 Å². The number of thioether (sulfide) groups is 1. The summed E-state index contributed by atoms with van der Waals surface area (Å²) in [5.74, 6) is -2.46. The average molecular weight is 490 g/mol. The molecule has 1 fully saturated rings. The highest BCUT2D eigenvalue weighted by Crippen LogP contribution is 2.69. The number of aromatic nitrogens is 2. The van der Waals surface area contributed by atoms with Crippen molar-refractivity contribution in [1.82, 2.24) is 9.97 Å². The zero-order valence-electron chi connectivity index (χ0n) is 18.6. The van der Waals surface area contributed by atoms with Crippen molar-refractivity contribution in [2.75, 3.05) is 19.0 Å². The van der Waals surface area contributed by atoms with Crippen molar-refractivity contribution in [3.8, 4) is 5.75 Å². The van der Waals surface area contributed by atoms with E-state index in [9.17, 15) is 13.9 Å². The molecule has 178 valence electrons. The first kappa shape index (κ1) is 22.7. The molecular formula is C23H22F3N5O2S. The Bertz CT molecular complexity index is 1360. The largest absolute Gasteiger partial charge is 0.495 e. The van der Waals surface area contributed by atoms with E-state index in [0.717, 1.165) is 12.3 Å². The molecular weight excluding hydrogens is 467 g/mol. The molecule has 2 aromatic heterocycles. The number of halogens is 3. The maximum atomic E-state index is 15.1. The van der Waals surface area contributed by atoms with Crippen molar-refractivity contribution in [2.45, 2.75) is 24.1 Å². The van der Waals surface area contributed by atoms with Gasteiger partial charge in [-0.15, -0.1) is 0 Å². The number of pyridine rings is 2. The highest BCUT2D eigenvalue weighted by Gasteiger charge is 2.72. The zero-order valence-corrected chi connectivity index (χ0v) is 19.4. The molecule has 11 heteroatoms. The summed E-state index contributed by atoms with van der Waals surface area (Å²) in [4.78, 5) is 12.8. The topological polar surface area (TPSA) is 106 Å². The van der Waals surface area contributed by atoms with Crippen LogP contribution in [-0.2, 0) is 5.54 Å². The van der Waals surface area contributed by atoms with Crippen LogP contribution in [0.4, 0.5) is 24.7 Å². The number of fused-ring (bicyclic) bond motifs is 2. The molecule has 4 atom stereocenters. The van der Waals surface area contributed by atoms with Crippen molar-refractivity contribution >= 4 is 39.3 Å². The van der Waals surface area contributed by atoms with Crippen LogP contribution in [-0.4, -0.2) is 38.7 Å². The molecule has 1 aliphatic heterocycles. The second-order valence-electron chi connectivity index (χ2n) is 8.75. The number of methoxy groups -OCH3 is 1. The van der Waals surface area contributed by atoms with E-state index in [4.69, 9.17) is 10.5 Å². The zero-order chi connectivity index (χ0) is 24.4. The lowest BCUT2D eigenvalue weighted by Crippen LogP contribution is -2.37. The summed E-state index contributed by atoms with van der Waals surface area (Å²) in [5.41, 5.74) is 5.24. The number of ether oxygens (including phenoxy) is 1. The van der Waals surface area contributed by atoms with Gasteiger partial charge in [-0.05, 0) is 25.0 Å². The Labute approximate surface area is 197 Å². The number of nitrogens with one attached hydrogen (secondary N) is 1. The third-order valence-electron chi connectivity index (χ3n) is 6.90. The molecule has 0 saturated heterocycles. The third kappa shape index (κ3) is 3.21. The summed E-state index contributed by atoms with van der Waals surface area (Å²) in [5, 5.41) is 13.3. The van der Waals surface area contributed by atoms with Crippen LogP contribution in [0.1, 0.15) is 19.4 Å². The van der Waals surface area contributed by atoms with Gasteiger partial charge in [-0.3, -0.25) is 4.99 Å². The van der Waals surface area contributed by atoms with Crippen LogP contribution in [0.15, 0.2) is 35.6 Å². The number of benzene rings is 1. The number of hydrogen-bond acceptors (Lipinski definition) is 8. The minimum absolute atomic E-state index is 0.00599. The van der Waals surface area contributed by atoms with Crippen LogP contribution in [0.2, 0.25) is 0 Å². The molecule has 1 aliphatic carbocycles. The molecule has 0 amide bonds. The maximum Gasteiger partial charge on any atom is 0.164 e. The number of amidine groups is 1. The van der Waals surface area contributed by atoms with Crippen molar-refractivity contribution < 1.29 is 23.0 Å². The van der Waals surface area contributed by atoms with Gasteiger partial charge < -0.3 is 20.9 Å². The smallest absolute Gasteiger partial charge is 0.164 e. The third-order valence-corrected chi connectivity index (χ3v) is 8.34. The molecule has 0 radical (unpaired) electrons.